The van der Waals surface area contributed by atoms with Gasteiger partial charge >= 0.3 is 11.9 Å². The number of rotatable bonds is 8. The summed E-state index contributed by atoms with van der Waals surface area (Å²) in [7, 11) is 1.38. The maximum atomic E-state index is 12.1. The zero-order chi connectivity index (χ0) is 24.4. The summed E-state index contributed by atoms with van der Waals surface area (Å²) in [5.74, 6) is 0.178. The summed E-state index contributed by atoms with van der Waals surface area (Å²) in [6.45, 7) is 4.71. The summed E-state index contributed by atoms with van der Waals surface area (Å²) in [4.78, 5) is 29.6. The van der Waals surface area contributed by atoms with Crippen LogP contribution in [0.3, 0.4) is 0 Å². The van der Waals surface area contributed by atoms with Gasteiger partial charge in [-0.05, 0) is 30.7 Å². The first-order chi connectivity index (χ1) is 16.3. The number of carboxylic acid groups (broad SMARTS) is 1. The second-order valence-corrected chi connectivity index (χ2v) is 9.06. The van der Waals surface area contributed by atoms with Gasteiger partial charge in [0.1, 0.15) is 33.4 Å². The number of esters is 1. The third-order valence-electron chi connectivity index (χ3n) is 5.55. The fraction of sp³-hybridized carbons (Fsp3) is 0.240. The molecule has 0 saturated carbocycles. The Labute approximate surface area is 205 Å². The number of aryl methyl sites for hydroxylation is 2. The molecule has 9 heteroatoms. The molecule has 0 aliphatic carbocycles. The Morgan fingerprint density at radius 2 is 1.91 bits per heavy atom. The molecule has 0 fully saturated rings. The van der Waals surface area contributed by atoms with Gasteiger partial charge in [-0.3, -0.25) is 0 Å². The van der Waals surface area contributed by atoms with Crippen LogP contribution in [0.25, 0.3) is 10.3 Å². The smallest absolute Gasteiger partial charge is 0.348 e. The van der Waals surface area contributed by atoms with Crippen molar-refractivity contribution in [2.75, 3.05) is 7.11 Å². The van der Waals surface area contributed by atoms with Crippen molar-refractivity contribution in [2.45, 2.75) is 33.4 Å². The number of fused-ring (bicyclic) bond motifs is 1. The number of hydrogen-bond donors (Lipinski definition) is 1. The van der Waals surface area contributed by atoms with Crippen molar-refractivity contribution >= 4 is 45.2 Å². The highest BCUT2D eigenvalue weighted by atomic mass is 35.5. The van der Waals surface area contributed by atoms with Gasteiger partial charge in [-0.2, -0.15) is 0 Å². The molecule has 0 spiro atoms. The van der Waals surface area contributed by atoms with E-state index in [0.29, 0.717) is 22.7 Å². The van der Waals surface area contributed by atoms with Crippen LogP contribution in [-0.4, -0.2) is 33.7 Å². The molecule has 7 nitrogen and oxygen atoms in total. The van der Waals surface area contributed by atoms with Crippen LogP contribution in [0.1, 0.15) is 49.5 Å². The quantitative estimate of drug-likeness (QED) is 0.312. The van der Waals surface area contributed by atoms with Gasteiger partial charge in [0.15, 0.2) is 0 Å². The zero-order valence-electron chi connectivity index (χ0n) is 18.9. The minimum Gasteiger partial charge on any atom is -0.489 e. The molecule has 4 aromatic rings. The van der Waals surface area contributed by atoms with Crippen molar-refractivity contribution in [2.24, 2.45) is 0 Å². The first-order valence-electron chi connectivity index (χ1n) is 10.6. The average Bonchev–Trinajstić information content (AvgIpc) is 3.34. The fourth-order valence-corrected chi connectivity index (χ4v) is 5.17. The second-order valence-electron chi connectivity index (χ2n) is 7.69. The van der Waals surface area contributed by atoms with Crippen molar-refractivity contribution in [1.29, 1.82) is 0 Å². The van der Waals surface area contributed by atoms with E-state index in [2.05, 4.69) is 11.5 Å². The highest BCUT2D eigenvalue weighted by Crippen LogP contribution is 2.33. The third kappa shape index (κ3) is 4.51. The van der Waals surface area contributed by atoms with Gasteiger partial charge < -0.3 is 19.1 Å². The van der Waals surface area contributed by atoms with E-state index in [4.69, 9.17) is 26.1 Å². The number of carboxylic acids is 1. The van der Waals surface area contributed by atoms with E-state index in [1.54, 1.807) is 12.1 Å². The monoisotopic (exact) mass is 498 g/mol. The molecule has 0 amide bonds. The van der Waals surface area contributed by atoms with Crippen molar-refractivity contribution in [3.63, 3.8) is 0 Å². The van der Waals surface area contributed by atoms with E-state index in [-0.39, 0.29) is 23.2 Å². The van der Waals surface area contributed by atoms with Gasteiger partial charge in [0.25, 0.3) is 0 Å². The van der Waals surface area contributed by atoms with Gasteiger partial charge in [-0.25, -0.2) is 14.6 Å². The molecule has 0 aliphatic heterocycles. The number of methoxy groups -OCH3 is 1. The Hall–Kier alpha value is -3.36. The van der Waals surface area contributed by atoms with Crippen molar-refractivity contribution in [3.8, 4) is 5.75 Å². The number of carbonyl (C=O) groups is 2. The molecule has 0 radical (unpaired) electrons. The van der Waals surface area contributed by atoms with Crippen LogP contribution in [0.2, 0.25) is 5.02 Å². The lowest BCUT2D eigenvalue weighted by molar-refractivity contribution is 0.0604. The number of benzene rings is 2. The maximum Gasteiger partial charge on any atom is 0.348 e. The molecule has 176 valence electrons. The molecule has 2 heterocycles. The number of imidazole rings is 1. The topological polar surface area (TPSA) is 90.6 Å². The van der Waals surface area contributed by atoms with Gasteiger partial charge in [0.05, 0.1) is 24.2 Å². The Bertz CT molecular complexity index is 1370. The van der Waals surface area contributed by atoms with E-state index >= 15 is 0 Å². The number of ether oxygens (including phenoxy) is 2. The minimum atomic E-state index is -1.07. The molecule has 0 saturated heterocycles. The first-order valence-corrected chi connectivity index (χ1v) is 11.8. The van der Waals surface area contributed by atoms with Crippen LogP contribution >= 0.6 is 22.9 Å². The Kier molecular flexibility index (Phi) is 6.90. The number of nitrogens with zero attached hydrogens (tertiary/aromatic N) is 2. The van der Waals surface area contributed by atoms with Crippen LogP contribution in [0.15, 0.2) is 42.5 Å². The maximum absolute atomic E-state index is 12.1. The molecule has 2 aromatic carbocycles. The third-order valence-corrected chi connectivity index (χ3v) is 7.28. The first kappa shape index (κ1) is 23.8. The summed E-state index contributed by atoms with van der Waals surface area (Å²) >= 11 is 7.59. The molecule has 2 aromatic heterocycles. The number of halogens is 1. The van der Waals surface area contributed by atoms with E-state index in [1.807, 2.05) is 31.2 Å². The molecular formula is C25H23ClN2O5S. The lowest BCUT2D eigenvalue weighted by atomic mass is 10.1. The van der Waals surface area contributed by atoms with Gasteiger partial charge in [-0.1, -0.05) is 42.8 Å². The average molecular weight is 499 g/mol. The Balaban J connectivity index is 1.52. The Morgan fingerprint density at radius 3 is 2.56 bits per heavy atom. The molecule has 4 rings (SSSR count). The van der Waals surface area contributed by atoms with E-state index in [9.17, 15) is 14.7 Å². The van der Waals surface area contributed by atoms with Gasteiger partial charge in [0, 0.05) is 17.5 Å². The zero-order valence-corrected chi connectivity index (χ0v) is 20.5. The molecule has 0 atom stereocenters. The fourth-order valence-electron chi connectivity index (χ4n) is 3.72. The number of carbonyl (C=O) groups excluding carboxylic acids is 1. The normalized spacial score (nSPS) is 11.1. The molecule has 0 bridgehead atoms. The number of thiophene rings is 1. The molecule has 1 N–H and O–H groups in total. The van der Waals surface area contributed by atoms with E-state index in [0.717, 1.165) is 33.7 Å². The van der Waals surface area contributed by atoms with Crippen LogP contribution in [0.4, 0.5) is 0 Å². The summed E-state index contributed by atoms with van der Waals surface area (Å²) < 4.78 is 12.9. The van der Waals surface area contributed by atoms with Crippen molar-refractivity contribution < 1.29 is 24.2 Å². The van der Waals surface area contributed by atoms with Crippen LogP contribution in [0, 0.1) is 6.92 Å². The van der Waals surface area contributed by atoms with Crippen LogP contribution in [-0.2, 0) is 24.3 Å². The lowest BCUT2D eigenvalue weighted by Gasteiger charge is -2.11. The summed E-state index contributed by atoms with van der Waals surface area (Å²) in [5.41, 5.74) is 3.39. The number of aromatic carboxylic acids is 1. The molecule has 0 unspecified atom stereocenters. The van der Waals surface area contributed by atoms with Crippen molar-refractivity contribution in [3.05, 3.63) is 80.4 Å². The number of aromatic nitrogens is 2. The van der Waals surface area contributed by atoms with E-state index in [1.165, 1.54) is 24.5 Å². The lowest BCUT2D eigenvalue weighted by Crippen LogP contribution is -2.05. The Morgan fingerprint density at radius 1 is 1.18 bits per heavy atom. The van der Waals surface area contributed by atoms with Gasteiger partial charge in [0.2, 0.25) is 0 Å². The largest absolute Gasteiger partial charge is 0.489 e. The summed E-state index contributed by atoms with van der Waals surface area (Å²) in [6, 6.07) is 12.5. The summed E-state index contributed by atoms with van der Waals surface area (Å²) in [5, 5.41) is 9.40. The predicted molar refractivity (Wildman–Crippen MR) is 131 cm³/mol. The SMILES string of the molecule is CCc1nc2c(C)c(C(=O)OC)sc2n1Cc1ccc(OCc2cccc(C(=O)O)c2Cl)cc1. The summed E-state index contributed by atoms with van der Waals surface area (Å²) in [6.07, 6.45) is 0.770. The molecular weight excluding hydrogens is 476 g/mol. The molecule has 0 aliphatic rings. The van der Waals surface area contributed by atoms with Gasteiger partial charge in [-0.15, -0.1) is 11.3 Å². The minimum absolute atomic E-state index is 0.0515. The van der Waals surface area contributed by atoms with Crippen LogP contribution in [0.5, 0.6) is 5.75 Å². The highest BCUT2D eigenvalue weighted by Gasteiger charge is 2.22. The van der Waals surface area contributed by atoms with E-state index < -0.39 is 5.97 Å². The standard InChI is InChI=1S/C25H23ClN2O5S/c1-4-19-27-21-14(2)22(25(31)32-3)34-23(21)28(19)12-15-8-10-17(11-9-15)33-13-16-6-5-7-18(20(16)26)24(29)30/h5-11H,4,12-13H2,1-3H3,(H,29,30). The molecule has 34 heavy (non-hydrogen) atoms. The number of hydrogen-bond acceptors (Lipinski definition) is 6. The van der Waals surface area contributed by atoms with Crippen LogP contribution < -0.4 is 4.74 Å². The predicted octanol–water partition coefficient (Wildman–Crippen LogP) is 5.73. The van der Waals surface area contributed by atoms with Crippen molar-refractivity contribution in [1.82, 2.24) is 9.55 Å². The highest BCUT2D eigenvalue weighted by molar-refractivity contribution is 7.20. The second kappa shape index (κ2) is 9.87.